The van der Waals surface area contributed by atoms with Crippen LogP contribution < -0.4 is 10.1 Å². The lowest BCUT2D eigenvalue weighted by molar-refractivity contribution is -0.139. The van der Waals surface area contributed by atoms with Gasteiger partial charge in [-0.3, -0.25) is 0 Å². The van der Waals surface area contributed by atoms with Crippen molar-refractivity contribution in [3.8, 4) is 5.75 Å². The number of hydrogen-bond donors (Lipinski definition) is 1. The van der Waals surface area contributed by atoms with Crippen molar-refractivity contribution >= 4 is 15.9 Å². The fourth-order valence-corrected chi connectivity index (χ4v) is 2.52. The fourth-order valence-electron chi connectivity index (χ4n) is 1.90. The molecule has 21 heavy (non-hydrogen) atoms. The number of nitrogens with one attached hydrogen (secondary N) is 1. The number of halogens is 4. The van der Waals surface area contributed by atoms with Gasteiger partial charge in [-0.2, -0.15) is 13.2 Å². The van der Waals surface area contributed by atoms with Gasteiger partial charge < -0.3 is 10.1 Å². The van der Waals surface area contributed by atoms with Gasteiger partial charge in [0.1, 0.15) is 5.75 Å². The lowest BCUT2D eigenvalue weighted by Gasteiger charge is -2.17. The van der Waals surface area contributed by atoms with Crippen molar-refractivity contribution < 1.29 is 17.9 Å². The first-order chi connectivity index (χ1) is 9.69. The van der Waals surface area contributed by atoms with Crippen molar-refractivity contribution in [2.75, 3.05) is 13.2 Å². The monoisotopic (exact) mass is 367 g/mol. The maximum absolute atomic E-state index is 12.2. The van der Waals surface area contributed by atoms with Crippen LogP contribution in [-0.4, -0.2) is 19.3 Å². The molecular weight excluding hydrogens is 347 g/mol. The maximum atomic E-state index is 12.2. The van der Waals surface area contributed by atoms with E-state index in [0.29, 0.717) is 18.2 Å². The van der Waals surface area contributed by atoms with E-state index in [9.17, 15) is 13.2 Å². The molecule has 0 aliphatic rings. The van der Waals surface area contributed by atoms with E-state index < -0.39 is 12.6 Å². The molecule has 1 N–H and O–H groups in total. The van der Waals surface area contributed by atoms with E-state index in [1.54, 1.807) is 0 Å². The molecule has 2 nitrogen and oxygen atoms in total. The second-order valence-corrected chi connectivity index (χ2v) is 6.36. The van der Waals surface area contributed by atoms with E-state index in [1.165, 1.54) is 0 Å². The molecule has 0 unspecified atom stereocenters. The number of aryl methyl sites for hydroxylation is 1. The zero-order chi connectivity index (χ0) is 16.0. The highest BCUT2D eigenvalue weighted by Gasteiger charge is 2.27. The number of alkyl halides is 3. The molecule has 0 spiro atoms. The fraction of sp³-hybridized carbons (Fsp3) is 0.600. The summed E-state index contributed by atoms with van der Waals surface area (Å²) in [6.45, 7) is 7.08. The van der Waals surface area contributed by atoms with Crippen molar-refractivity contribution in [1.29, 1.82) is 0 Å². The first-order valence-electron chi connectivity index (χ1n) is 6.88. The van der Waals surface area contributed by atoms with Gasteiger partial charge in [0.05, 0.1) is 13.0 Å². The van der Waals surface area contributed by atoms with Crippen LogP contribution in [0.25, 0.3) is 0 Å². The van der Waals surface area contributed by atoms with E-state index in [-0.39, 0.29) is 6.61 Å². The van der Waals surface area contributed by atoms with Gasteiger partial charge in [-0.25, -0.2) is 0 Å². The van der Waals surface area contributed by atoms with Gasteiger partial charge in [0.25, 0.3) is 0 Å². The molecule has 0 heterocycles. The Morgan fingerprint density at radius 3 is 2.52 bits per heavy atom. The molecular formula is C15H21BrF3NO. The summed E-state index contributed by atoms with van der Waals surface area (Å²) in [5.41, 5.74) is 1.69. The second-order valence-electron chi connectivity index (χ2n) is 5.45. The Kier molecular flexibility index (Phi) is 7.00. The third kappa shape index (κ3) is 7.18. The normalized spacial score (nSPS) is 12.0. The van der Waals surface area contributed by atoms with Crippen LogP contribution in [0.1, 0.15) is 31.4 Å². The Balaban J connectivity index is 2.75. The minimum atomic E-state index is -4.20. The third-order valence-corrected chi connectivity index (χ3v) is 3.27. The molecule has 0 aromatic heterocycles. The van der Waals surface area contributed by atoms with E-state index >= 15 is 0 Å². The molecule has 0 aliphatic carbocycles. The van der Waals surface area contributed by atoms with E-state index in [2.05, 4.69) is 35.1 Å². The molecule has 1 rings (SSSR count). The lowest BCUT2D eigenvalue weighted by Crippen LogP contribution is -2.20. The average Bonchev–Trinajstić information content (AvgIpc) is 2.30. The Hall–Kier alpha value is -0.750. The number of rotatable bonds is 7. The van der Waals surface area contributed by atoms with Crippen LogP contribution in [0.5, 0.6) is 5.75 Å². The molecule has 0 aliphatic heterocycles. The van der Waals surface area contributed by atoms with Crippen molar-refractivity contribution in [2.24, 2.45) is 5.92 Å². The van der Waals surface area contributed by atoms with Gasteiger partial charge >= 0.3 is 6.18 Å². The van der Waals surface area contributed by atoms with Crippen LogP contribution in [0, 0.1) is 12.8 Å². The summed E-state index contributed by atoms with van der Waals surface area (Å²) in [5.74, 6) is 1.05. The van der Waals surface area contributed by atoms with Crippen LogP contribution in [0.15, 0.2) is 16.6 Å². The third-order valence-electron chi connectivity index (χ3n) is 2.82. The van der Waals surface area contributed by atoms with Crippen molar-refractivity contribution in [1.82, 2.24) is 5.32 Å². The molecule has 1 aromatic rings. The highest BCUT2D eigenvalue weighted by Crippen LogP contribution is 2.29. The van der Waals surface area contributed by atoms with Gasteiger partial charge in [0.2, 0.25) is 0 Å². The Bertz CT molecular complexity index is 461. The van der Waals surface area contributed by atoms with E-state index in [4.69, 9.17) is 4.74 Å². The Morgan fingerprint density at radius 1 is 1.29 bits per heavy atom. The Morgan fingerprint density at radius 2 is 1.95 bits per heavy atom. The largest absolute Gasteiger partial charge is 0.493 e. The molecule has 0 saturated carbocycles. The second kappa shape index (κ2) is 8.03. The van der Waals surface area contributed by atoms with Crippen LogP contribution >= 0.6 is 15.9 Å². The minimum absolute atomic E-state index is 0.358. The molecule has 0 amide bonds. The summed E-state index contributed by atoms with van der Waals surface area (Å²) in [6, 6.07) is 3.72. The molecule has 0 atom stereocenters. The molecule has 0 bridgehead atoms. The quantitative estimate of drug-likeness (QED) is 0.744. The highest BCUT2D eigenvalue weighted by atomic mass is 79.9. The van der Waals surface area contributed by atoms with Crippen LogP contribution in [0.2, 0.25) is 0 Å². The van der Waals surface area contributed by atoms with Gasteiger partial charge in [0.15, 0.2) is 0 Å². The SMILES string of the molecule is Cc1cc(Br)cc(CNCC(C)C)c1OCCC(F)(F)F. The summed E-state index contributed by atoms with van der Waals surface area (Å²) in [5, 5.41) is 3.28. The van der Waals surface area contributed by atoms with Crippen molar-refractivity contribution in [3.63, 3.8) is 0 Å². The number of benzene rings is 1. The van der Waals surface area contributed by atoms with E-state index in [0.717, 1.165) is 22.1 Å². The molecule has 0 fully saturated rings. The smallest absolute Gasteiger partial charge is 0.392 e. The molecule has 0 radical (unpaired) electrons. The van der Waals surface area contributed by atoms with E-state index in [1.807, 2.05) is 19.1 Å². The molecule has 0 saturated heterocycles. The predicted molar refractivity (Wildman–Crippen MR) is 81.6 cm³/mol. The van der Waals surface area contributed by atoms with Crippen LogP contribution in [0.3, 0.4) is 0 Å². The lowest BCUT2D eigenvalue weighted by atomic mass is 10.1. The summed E-state index contributed by atoms with van der Waals surface area (Å²) >= 11 is 3.40. The molecule has 120 valence electrons. The van der Waals surface area contributed by atoms with Crippen molar-refractivity contribution in [2.45, 2.75) is 39.9 Å². The summed E-state index contributed by atoms with van der Waals surface area (Å²) in [6.07, 6.45) is -5.14. The maximum Gasteiger partial charge on any atom is 0.392 e. The number of ether oxygens (including phenoxy) is 1. The standard InChI is InChI=1S/C15H21BrF3NO/c1-10(2)8-20-9-12-7-13(16)6-11(3)14(12)21-5-4-15(17,18)19/h6-7,10,20H,4-5,8-9H2,1-3H3. The topological polar surface area (TPSA) is 21.3 Å². The van der Waals surface area contributed by atoms with Crippen LogP contribution in [0.4, 0.5) is 13.2 Å². The molecule has 1 aromatic carbocycles. The van der Waals surface area contributed by atoms with Gasteiger partial charge in [0, 0.05) is 16.6 Å². The number of hydrogen-bond acceptors (Lipinski definition) is 2. The zero-order valence-electron chi connectivity index (χ0n) is 12.5. The first kappa shape index (κ1) is 18.3. The van der Waals surface area contributed by atoms with Gasteiger partial charge in [-0.15, -0.1) is 0 Å². The minimum Gasteiger partial charge on any atom is -0.493 e. The van der Waals surface area contributed by atoms with Gasteiger partial charge in [-0.1, -0.05) is 29.8 Å². The zero-order valence-corrected chi connectivity index (χ0v) is 14.1. The summed E-state index contributed by atoms with van der Waals surface area (Å²) < 4.78 is 42.9. The van der Waals surface area contributed by atoms with Gasteiger partial charge in [-0.05, 0) is 37.1 Å². The van der Waals surface area contributed by atoms with Crippen LogP contribution in [-0.2, 0) is 6.54 Å². The molecule has 6 heteroatoms. The highest BCUT2D eigenvalue weighted by molar-refractivity contribution is 9.10. The first-order valence-corrected chi connectivity index (χ1v) is 7.67. The van der Waals surface area contributed by atoms with Crippen molar-refractivity contribution in [3.05, 3.63) is 27.7 Å². The summed E-state index contributed by atoms with van der Waals surface area (Å²) in [4.78, 5) is 0. The average molecular weight is 368 g/mol. The Labute approximate surface area is 132 Å². The predicted octanol–water partition coefficient (Wildman–Crippen LogP) is 4.83. The summed E-state index contributed by atoms with van der Waals surface area (Å²) in [7, 11) is 0.